The van der Waals surface area contributed by atoms with Crippen molar-refractivity contribution < 1.29 is 14.3 Å². The zero-order valence-electron chi connectivity index (χ0n) is 16.4. The molecular formula is C21H28N4O3. The lowest BCUT2D eigenvalue weighted by Gasteiger charge is -2.19. The van der Waals surface area contributed by atoms with Gasteiger partial charge in [-0.3, -0.25) is 4.79 Å². The van der Waals surface area contributed by atoms with Crippen molar-refractivity contribution in [2.75, 3.05) is 31.6 Å². The summed E-state index contributed by atoms with van der Waals surface area (Å²) in [7, 11) is 0. The first-order chi connectivity index (χ1) is 13.5. The molecule has 0 bridgehead atoms. The summed E-state index contributed by atoms with van der Waals surface area (Å²) in [5.41, 5.74) is 7.06. The molecule has 0 aliphatic heterocycles. The number of hydrogen-bond acceptors (Lipinski definition) is 4. The van der Waals surface area contributed by atoms with Crippen molar-refractivity contribution in [2.45, 2.75) is 20.4 Å². The highest BCUT2D eigenvalue weighted by atomic mass is 16.5. The van der Waals surface area contributed by atoms with Crippen LogP contribution in [0.15, 0.2) is 48.5 Å². The van der Waals surface area contributed by atoms with Crippen LogP contribution in [-0.4, -0.2) is 43.1 Å². The lowest BCUT2D eigenvalue weighted by atomic mass is 10.1. The Morgan fingerprint density at radius 2 is 1.71 bits per heavy atom. The number of rotatable bonds is 10. The average molecular weight is 384 g/mol. The van der Waals surface area contributed by atoms with Gasteiger partial charge in [0.05, 0.1) is 5.69 Å². The van der Waals surface area contributed by atoms with E-state index in [9.17, 15) is 9.59 Å². The van der Waals surface area contributed by atoms with Crippen LogP contribution >= 0.6 is 0 Å². The van der Waals surface area contributed by atoms with Crippen molar-refractivity contribution in [1.82, 2.24) is 10.2 Å². The van der Waals surface area contributed by atoms with Gasteiger partial charge in [-0.1, -0.05) is 38.1 Å². The first-order valence-corrected chi connectivity index (χ1v) is 9.41. The van der Waals surface area contributed by atoms with Crippen molar-refractivity contribution in [1.29, 1.82) is 0 Å². The first-order valence-electron chi connectivity index (χ1n) is 9.41. The maximum atomic E-state index is 12.6. The predicted octanol–water partition coefficient (Wildman–Crippen LogP) is 2.83. The molecule has 150 valence electrons. The number of nitrogens with one attached hydrogen (secondary N) is 2. The van der Waals surface area contributed by atoms with Crippen LogP contribution < -0.4 is 21.1 Å². The van der Waals surface area contributed by atoms with Crippen LogP contribution in [0.2, 0.25) is 0 Å². The molecule has 2 aromatic rings. The van der Waals surface area contributed by atoms with Crippen LogP contribution in [0.4, 0.5) is 10.5 Å². The number of ether oxygens (including phenoxy) is 1. The fourth-order valence-corrected chi connectivity index (χ4v) is 2.68. The molecule has 0 aliphatic rings. The fourth-order valence-electron chi connectivity index (χ4n) is 2.68. The highest BCUT2D eigenvalue weighted by Crippen LogP contribution is 2.24. The van der Waals surface area contributed by atoms with Crippen LogP contribution in [0, 0.1) is 0 Å². The summed E-state index contributed by atoms with van der Waals surface area (Å²) in [4.78, 5) is 25.6. The molecule has 0 radical (unpaired) electrons. The molecule has 3 amide bonds. The molecule has 0 atom stereocenters. The molecule has 7 heteroatoms. The average Bonchev–Trinajstić information content (AvgIpc) is 2.71. The van der Waals surface area contributed by atoms with E-state index in [0.717, 1.165) is 25.2 Å². The number of para-hydroxylation sites is 2. The minimum atomic E-state index is -0.584. The number of carbonyl (C=O) groups excluding carboxylic acids is 2. The molecule has 0 aliphatic carbocycles. The molecular weight excluding hydrogens is 356 g/mol. The summed E-state index contributed by atoms with van der Waals surface area (Å²) in [5.74, 6) is 0.416. The second-order valence-corrected chi connectivity index (χ2v) is 6.24. The maximum absolute atomic E-state index is 12.6. The topological polar surface area (TPSA) is 96.7 Å². The van der Waals surface area contributed by atoms with Crippen LogP contribution in [0.1, 0.15) is 29.8 Å². The summed E-state index contributed by atoms with van der Waals surface area (Å²) >= 11 is 0. The minimum Gasteiger partial charge on any atom is -0.490 e. The Hall–Kier alpha value is -3.06. The summed E-state index contributed by atoms with van der Waals surface area (Å²) in [6.07, 6.45) is 0. The number of hydrogen-bond donors (Lipinski definition) is 3. The minimum absolute atomic E-state index is 0.228. The molecule has 2 rings (SSSR count). The molecule has 0 fully saturated rings. The Morgan fingerprint density at radius 1 is 1.04 bits per heavy atom. The first kappa shape index (κ1) is 21.2. The van der Waals surface area contributed by atoms with E-state index in [4.69, 9.17) is 10.5 Å². The third kappa shape index (κ3) is 6.59. The van der Waals surface area contributed by atoms with Crippen molar-refractivity contribution in [2.24, 2.45) is 5.73 Å². The molecule has 7 nitrogen and oxygen atoms in total. The van der Waals surface area contributed by atoms with Gasteiger partial charge < -0.3 is 26.0 Å². The number of anilines is 1. The van der Waals surface area contributed by atoms with Crippen LogP contribution in [-0.2, 0) is 6.54 Å². The van der Waals surface area contributed by atoms with Crippen LogP contribution in [0.25, 0.3) is 0 Å². The molecule has 4 N–H and O–H groups in total. The van der Waals surface area contributed by atoms with Crippen molar-refractivity contribution >= 4 is 17.6 Å². The van der Waals surface area contributed by atoms with Gasteiger partial charge in [-0.15, -0.1) is 0 Å². The second kappa shape index (κ2) is 10.9. The van der Waals surface area contributed by atoms with E-state index < -0.39 is 6.03 Å². The summed E-state index contributed by atoms with van der Waals surface area (Å²) in [6, 6.07) is 13.8. The third-order valence-electron chi connectivity index (χ3n) is 4.38. The van der Waals surface area contributed by atoms with Gasteiger partial charge in [-0.25, -0.2) is 4.79 Å². The maximum Gasteiger partial charge on any atom is 0.312 e. The van der Waals surface area contributed by atoms with Crippen molar-refractivity contribution in [3.8, 4) is 5.75 Å². The van der Waals surface area contributed by atoms with Crippen LogP contribution in [0.3, 0.4) is 0 Å². The lowest BCUT2D eigenvalue weighted by Crippen LogP contribution is -2.28. The zero-order valence-corrected chi connectivity index (χ0v) is 16.4. The van der Waals surface area contributed by atoms with Crippen LogP contribution in [0.5, 0.6) is 5.75 Å². The molecule has 0 heterocycles. The third-order valence-corrected chi connectivity index (χ3v) is 4.38. The lowest BCUT2D eigenvalue weighted by molar-refractivity contribution is 0.102. The van der Waals surface area contributed by atoms with Gasteiger partial charge >= 0.3 is 6.03 Å². The molecule has 2 aromatic carbocycles. The van der Waals surface area contributed by atoms with E-state index in [1.807, 2.05) is 24.3 Å². The second-order valence-electron chi connectivity index (χ2n) is 6.24. The highest BCUT2D eigenvalue weighted by Gasteiger charge is 2.10. The number of amides is 3. The van der Waals surface area contributed by atoms with E-state index in [1.54, 1.807) is 24.3 Å². The summed E-state index contributed by atoms with van der Waals surface area (Å²) < 4.78 is 5.87. The molecule has 0 unspecified atom stereocenters. The number of benzene rings is 2. The molecule has 0 aromatic heterocycles. The smallest absolute Gasteiger partial charge is 0.312 e. The highest BCUT2D eigenvalue weighted by molar-refractivity contribution is 6.05. The summed E-state index contributed by atoms with van der Waals surface area (Å²) in [6.45, 7) is 7.89. The standard InChI is InChI=1S/C21H28N4O3/c1-3-25(4-2)13-14-28-19-8-6-5-7-18(19)24-20(26)17-11-9-16(10-12-17)15-23-21(22)27/h5-12H,3-4,13-15H2,1-2H3,(H,24,26)(H3,22,23,27). The predicted molar refractivity (Wildman–Crippen MR) is 111 cm³/mol. The zero-order chi connectivity index (χ0) is 20.4. The largest absolute Gasteiger partial charge is 0.490 e. The fraction of sp³-hybridized carbons (Fsp3) is 0.333. The van der Waals surface area contributed by atoms with E-state index in [1.165, 1.54) is 0 Å². The van der Waals surface area contributed by atoms with Gasteiger partial charge in [0.15, 0.2) is 0 Å². The Bertz CT molecular complexity index is 773. The number of urea groups is 1. The number of nitrogens with zero attached hydrogens (tertiary/aromatic N) is 1. The molecule has 0 spiro atoms. The Balaban J connectivity index is 1.97. The van der Waals surface area contributed by atoms with Gasteiger partial charge in [-0.2, -0.15) is 0 Å². The Morgan fingerprint density at radius 3 is 2.36 bits per heavy atom. The van der Waals surface area contributed by atoms with E-state index in [0.29, 0.717) is 30.2 Å². The van der Waals surface area contributed by atoms with Gasteiger partial charge in [0.1, 0.15) is 12.4 Å². The number of nitrogens with two attached hydrogens (primary N) is 1. The van der Waals surface area contributed by atoms with E-state index in [2.05, 4.69) is 29.4 Å². The molecule has 0 saturated heterocycles. The normalized spacial score (nSPS) is 10.5. The van der Waals surface area contributed by atoms with E-state index in [-0.39, 0.29) is 5.91 Å². The number of primary amides is 1. The van der Waals surface area contributed by atoms with Crippen molar-refractivity contribution in [3.05, 3.63) is 59.7 Å². The molecule has 28 heavy (non-hydrogen) atoms. The Labute approximate surface area is 165 Å². The molecule has 0 saturated carbocycles. The number of likely N-dealkylation sites (N-methyl/N-ethyl adjacent to an activating group) is 1. The quantitative estimate of drug-likeness (QED) is 0.587. The monoisotopic (exact) mass is 384 g/mol. The van der Waals surface area contributed by atoms with Crippen molar-refractivity contribution in [3.63, 3.8) is 0 Å². The van der Waals surface area contributed by atoms with Gasteiger partial charge in [-0.05, 0) is 42.9 Å². The van der Waals surface area contributed by atoms with Gasteiger partial charge in [0.2, 0.25) is 0 Å². The number of carbonyl (C=O) groups is 2. The van der Waals surface area contributed by atoms with Gasteiger partial charge in [0, 0.05) is 18.7 Å². The Kier molecular flexibility index (Phi) is 8.30. The van der Waals surface area contributed by atoms with Gasteiger partial charge in [0.25, 0.3) is 5.91 Å². The van der Waals surface area contributed by atoms with E-state index >= 15 is 0 Å². The SMILES string of the molecule is CCN(CC)CCOc1ccccc1NC(=O)c1ccc(CNC(N)=O)cc1. The summed E-state index contributed by atoms with van der Waals surface area (Å²) in [5, 5.41) is 5.41.